The molecule has 0 aliphatic rings. The number of benzene rings is 3. The average molecular weight is 1810 g/mol. The first kappa shape index (κ1) is 102. The van der Waals surface area contributed by atoms with Crippen molar-refractivity contribution in [3.63, 3.8) is 0 Å². The number of nitrogens with one attached hydrogen (secondary N) is 1. The van der Waals surface area contributed by atoms with Crippen molar-refractivity contribution in [3.05, 3.63) is 128 Å². The fourth-order valence-corrected chi connectivity index (χ4v) is 16.2. The summed E-state index contributed by atoms with van der Waals surface area (Å²) >= 11 is 7.02. The Bertz CT molecular complexity index is 3710. The van der Waals surface area contributed by atoms with Crippen LogP contribution in [0.15, 0.2) is 94.6 Å². The van der Waals surface area contributed by atoms with Crippen LogP contribution in [0.2, 0.25) is 0 Å². The van der Waals surface area contributed by atoms with Gasteiger partial charge in [0.1, 0.15) is 36.9 Å². The minimum atomic E-state index is -2.55. The van der Waals surface area contributed by atoms with Crippen molar-refractivity contribution in [2.45, 2.75) is 130 Å². The summed E-state index contributed by atoms with van der Waals surface area (Å²) in [5, 5.41) is 40.5. The van der Waals surface area contributed by atoms with E-state index in [2.05, 4.69) is 73.0 Å². The standard InChI is InChI=1S/C80H112Br2N6O23P4/c1-11-44-94-54-76(5,58-98-67(4)89)59-104-112(100-48-24-40-83)107-62-78(7,56-96-46-22-15-13-20-38-81)63-108-113(101-49-25-41-84)105-60-77(6,55-95-45-12-2)61-106-114(102-50-26-42-85)109-64-79(8,57-97-47-23-16-14-21-39-82)65-110-115(103-51-27-43-86)111-73(88-52-66(3)74(90)87-75(88)91)53-99-80(68-28-18-17-19-29-68,69-30-34-71(92-9)35-31-69)70-32-36-72(93-10)37-33-70/h1-2,17-19,28-37,52,73H,13-16,20-27,38-39,44-51,53-65H2,3-10H3,(H,87,90,91). The lowest BCUT2D eigenvalue weighted by atomic mass is 9.80. The number of ether oxygens (including phenoxy) is 8. The molecule has 0 bridgehead atoms. The van der Waals surface area contributed by atoms with Crippen LogP contribution in [0.3, 0.4) is 0 Å². The number of nitrogens with zero attached hydrogens (tertiary/aromatic N) is 5. The van der Waals surface area contributed by atoms with E-state index < -0.39 is 85.1 Å². The SMILES string of the molecule is C#CCOCC(C)(COC(C)=O)COP(OCCC#N)OCC(C)(COCCCCCCBr)COP(OCCC#N)OCC(C)(COCC#C)COP(OCCC#N)OCC(C)(COCCCCCCBr)COP(OCCC#N)OC(COC(c1ccccc1)(c1ccc(OC)cc1)c1ccc(OC)cc1)n1cc(C)c(=O)[nH]c1=O. The van der Waals surface area contributed by atoms with Gasteiger partial charge < -0.3 is 87.7 Å². The lowest BCUT2D eigenvalue weighted by molar-refractivity contribution is -0.146. The van der Waals surface area contributed by atoms with Crippen molar-refractivity contribution < 1.29 is 97.0 Å². The highest BCUT2D eigenvalue weighted by Gasteiger charge is 2.42. The summed E-state index contributed by atoms with van der Waals surface area (Å²) in [6.45, 7) is 9.58. The minimum Gasteiger partial charge on any atom is -0.497 e. The topological polar surface area (TPSA) is 352 Å². The Labute approximate surface area is 700 Å². The van der Waals surface area contributed by atoms with Crippen molar-refractivity contribution in [3.8, 4) is 60.5 Å². The number of carbonyl (C=O) groups excluding carboxylic acids is 1. The number of alkyl halides is 2. The van der Waals surface area contributed by atoms with E-state index in [9.17, 15) is 35.4 Å². The molecule has 1 N–H and O–H groups in total. The number of rotatable bonds is 68. The first-order chi connectivity index (χ1) is 55.6. The highest BCUT2D eigenvalue weighted by atomic mass is 79.9. The molecule has 0 saturated heterocycles. The highest BCUT2D eigenvalue weighted by Crippen LogP contribution is 2.51. The molecule has 1 heterocycles. The monoisotopic (exact) mass is 1810 g/mol. The fourth-order valence-electron chi connectivity index (χ4n) is 10.3. The Morgan fingerprint density at radius 1 is 0.478 bits per heavy atom. The second-order valence-electron chi connectivity index (χ2n) is 27.9. The second kappa shape index (κ2) is 59.2. The summed E-state index contributed by atoms with van der Waals surface area (Å²) in [5.41, 5.74) is -4.59. The number of nitriles is 4. The molecule has 115 heavy (non-hydrogen) atoms. The van der Waals surface area contributed by atoms with Gasteiger partial charge in [0.25, 0.3) is 5.56 Å². The van der Waals surface area contributed by atoms with Gasteiger partial charge >= 0.3 is 46.1 Å². The van der Waals surface area contributed by atoms with Gasteiger partial charge in [0.15, 0.2) is 6.23 Å². The van der Waals surface area contributed by atoms with Gasteiger partial charge in [-0.3, -0.25) is 23.7 Å². The minimum absolute atomic E-state index is 0.000246. The Morgan fingerprint density at radius 3 is 1.20 bits per heavy atom. The number of carbonyl (C=O) groups is 1. The van der Waals surface area contributed by atoms with Crippen molar-refractivity contribution >= 4 is 72.2 Å². The van der Waals surface area contributed by atoms with Gasteiger partial charge in [0, 0.05) is 64.2 Å². The number of halogens is 2. The van der Waals surface area contributed by atoms with Crippen LogP contribution in [0.4, 0.5) is 0 Å². The van der Waals surface area contributed by atoms with E-state index in [0.29, 0.717) is 41.4 Å². The third kappa shape index (κ3) is 40.4. The van der Waals surface area contributed by atoms with Crippen molar-refractivity contribution in [2.75, 3.05) is 164 Å². The van der Waals surface area contributed by atoms with Crippen molar-refractivity contribution in [1.82, 2.24) is 9.55 Å². The van der Waals surface area contributed by atoms with E-state index in [-0.39, 0.29) is 157 Å². The van der Waals surface area contributed by atoms with Crippen molar-refractivity contribution in [1.29, 1.82) is 21.0 Å². The van der Waals surface area contributed by atoms with Crippen molar-refractivity contribution in [2.24, 2.45) is 21.7 Å². The quantitative estimate of drug-likeness (QED) is 0.0107. The van der Waals surface area contributed by atoms with Gasteiger partial charge in [0.05, 0.1) is 170 Å². The largest absolute Gasteiger partial charge is 0.497 e. The van der Waals surface area contributed by atoms with E-state index in [1.54, 1.807) is 28.1 Å². The maximum atomic E-state index is 14.2. The van der Waals surface area contributed by atoms with Gasteiger partial charge in [-0.25, -0.2) is 4.79 Å². The molecule has 0 aliphatic carbocycles. The third-order valence-electron chi connectivity index (χ3n) is 16.7. The molecule has 0 amide bonds. The van der Waals surface area contributed by atoms with E-state index in [4.69, 9.17) is 105 Å². The number of aromatic nitrogens is 2. The second-order valence-corrected chi connectivity index (χ2v) is 34.3. The molecule has 0 fully saturated rings. The first-order valence-electron chi connectivity index (χ1n) is 37.6. The van der Waals surface area contributed by atoms with Crippen LogP contribution >= 0.6 is 66.3 Å². The molecule has 9 atom stereocenters. The van der Waals surface area contributed by atoms with Crippen LogP contribution in [-0.4, -0.2) is 179 Å². The average Bonchev–Trinajstić information content (AvgIpc) is 0.751. The van der Waals surface area contributed by atoms with Gasteiger partial charge in [-0.2, -0.15) is 21.0 Å². The molecule has 3 aromatic carbocycles. The van der Waals surface area contributed by atoms with E-state index in [0.717, 1.165) is 62.0 Å². The summed E-state index contributed by atoms with van der Waals surface area (Å²) in [4.78, 5) is 41.6. The number of aryl methyl sites for hydroxylation is 1. The molecule has 1 aromatic heterocycles. The maximum Gasteiger partial charge on any atom is 0.334 e. The molecule has 35 heteroatoms. The van der Waals surface area contributed by atoms with Crippen LogP contribution in [-0.2, 0) is 93.1 Å². The number of H-pyrrole nitrogens is 1. The Kier molecular flexibility index (Phi) is 52.4. The Balaban J connectivity index is 1.72. The molecule has 0 radical (unpaired) electrons. The van der Waals surface area contributed by atoms with Crippen LogP contribution in [0, 0.1) is 98.6 Å². The molecule has 4 aromatic rings. The summed E-state index contributed by atoms with van der Waals surface area (Å²) in [6, 6.07) is 32.6. The summed E-state index contributed by atoms with van der Waals surface area (Å²) < 4.78 is 127. The number of esters is 1. The fraction of sp³-hybridized carbons (Fsp3) is 0.613. The van der Waals surface area contributed by atoms with E-state index >= 15 is 0 Å². The Hall–Kier alpha value is -5.51. The Morgan fingerprint density at radius 2 is 0.835 bits per heavy atom. The van der Waals surface area contributed by atoms with Gasteiger partial charge in [-0.1, -0.05) is 152 Å². The zero-order chi connectivity index (χ0) is 83.9. The molecular weight excluding hydrogens is 1700 g/mol. The van der Waals surface area contributed by atoms with Crippen LogP contribution < -0.4 is 20.7 Å². The van der Waals surface area contributed by atoms with Gasteiger partial charge in [0.2, 0.25) is 0 Å². The number of hydrogen-bond acceptors (Lipinski definition) is 27. The summed E-state index contributed by atoms with van der Waals surface area (Å²) in [7, 11) is -6.15. The molecule has 9 unspecified atom stereocenters. The summed E-state index contributed by atoms with van der Waals surface area (Å²) in [5.74, 6) is 5.62. The van der Waals surface area contributed by atoms with Gasteiger partial charge in [-0.05, 0) is 73.6 Å². The highest BCUT2D eigenvalue weighted by molar-refractivity contribution is 9.09. The maximum absolute atomic E-state index is 14.2. The van der Waals surface area contributed by atoms with Gasteiger partial charge in [-0.15, -0.1) is 12.8 Å². The zero-order valence-electron chi connectivity index (χ0n) is 67.2. The van der Waals surface area contributed by atoms with E-state index in [1.165, 1.54) is 17.7 Å². The zero-order valence-corrected chi connectivity index (χ0v) is 74.0. The number of aromatic amines is 1. The van der Waals surface area contributed by atoms with Crippen LogP contribution in [0.1, 0.15) is 140 Å². The number of terminal acetylenes is 2. The molecule has 4 rings (SSSR count). The summed E-state index contributed by atoms with van der Waals surface area (Å²) in [6.07, 6.45) is 18.5. The smallest absolute Gasteiger partial charge is 0.334 e. The van der Waals surface area contributed by atoms with Crippen LogP contribution in [0.25, 0.3) is 0 Å². The predicted octanol–water partition coefficient (Wildman–Crippen LogP) is 16.0. The van der Waals surface area contributed by atoms with Crippen LogP contribution in [0.5, 0.6) is 11.5 Å². The molecule has 0 saturated carbocycles. The number of unbranched alkanes of at least 4 members (excludes halogenated alkanes) is 6. The lowest BCUT2D eigenvalue weighted by Gasteiger charge is -2.37. The lowest BCUT2D eigenvalue weighted by Crippen LogP contribution is -2.39. The van der Waals surface area contributed by atoms with E-state index in [1.807, 2.05) is 99.6 Å². The molecule has 0 spiro atoms. The normalized spacial score (nSPS) is 14.9. The first-order valence-corrected chi connectivity index (χ1v) is 44.2. The number of hydrogen-bond donors (Lipinski definition) is 1. The molecular formula is C80H112Br2N6O23P4. The third-order valence-corrected chi connectivity index (χ3v) is 22.2. The molecule has 634 valence electrons. The molecule has 0 aliphatic heterocycles. The predicted molar refractivity (Wildman–Crippen MR) is 443 cm³/mol. The number of methoxy groups -OCH3 is 2. The molecule has 29 nitrogen and oxygen atoms in total.